The molecule has 4 aliphatic carbocycles. The summed E-state index contributed by atoms with van der Waals surface area (Å²) in [6, 6.07) is 0. The highest BCUT2D eigenvalue weighted by Gasteiger charge is 2.67. The van der Waals surface area contributed by atoms with Crippen LogP contribution in [0.5, 0.6) is 0 Å². The van der Waals surface area contributed by atoms with E-state index in [1.54, 1.807) is 12.2 Å². The van der Waals surface area contributed by atoms with E-state index < -0.39 is 28.5 Å². The lowest BCUT2D eigenvalue weighted by Gasteiger charge is -2.63. The highest BCUT2D eigenvalue weighted by Crippen LogP contribution is 2.65. The molecule has 3 fully saturated rings. The van der Waals surface area contributed by atoms with Crippen molar-refractivity contribution in [1.29, 1.82) is 0 Å². The second kappa shape index (κ2) is 6.61. The third-order valence-electron chi connectivity index (χ3n) is 8.46. The van der Waals surface area contributed by atoms with E-state index in [-0.39, 0.29) is 48.8 Å². The zero-order valence-corrected chi connectivity index (χ0v) is 17.3. The molecule has 0 amide bonds. The van der Waals surface area contributed by atoms with Crippen LogP contribution in [0.1, 0.15) is 52.9 Å². The highest BCUT2D eigenvalue weighted by molar-refractivity contribution is 6.01. The second-order valence-corrected chi connectivity index (χ2v) is 9.81. The maximum atomic E-state index is 12.8. The van der Waals surface area contributed by atoms with Gasteiger partial charge in [-0.2, -0.15) is 0 Å². The highest BCUT2D eigenvalue weighted by atomic mass is 16.5. The normalized spacial score (nSPS) is 46.3. The molecule has 158 valence electrons. The van der Waals surface area contributed by atoms with Crippen molar-refractivity contribution < 1.29 is 29.3 Å². The Balaban J connectivity index is 1.73. The van der Waals surface area contributed by atoms with E-state index in [2.05, 4.69) is 6.92 Å². The predicted octanol–water partition coefficient (Wildman–Crippen LogP) is 2.13. The number of carbonyl (C=O) groups is 3. The molecular weight excluding hydrogens is 372 g/mol. The largest absolute Gasteiger partial charge is 0.462 e. The number of fused-ring (bicyclic) bond motifs is 5. The van der Waals surface area contributed by atoms with Crippen LogP contribution in [0.4, 0.5) is 0 Å². The molecule has 0 radical (unpaired) electrons. The number of ether oxygens (including phenoxy) is 1. The smallest absolute Gasteiger partial charge is 0.302 e. The van der Waals surface area contributed by atoms with Crippen molar-refractivity contribution in [2.24, 2.45) is 28.6 Å². The van der Waals surface area contributed by atoms with Gasteiger partial charge in [0.1, 0.15) is 6.61 Å². The fourth-order valence-electron chi connectivity index (χ4n) is 6.94. The first kappa shape index (κ1) is 20.5. The number of Topliss-reactive ketones (excluding diaryl/α,β-unsaturated/α-hetero) is 1. The number of hydrogen-bond acceptors (Lipinski definition) is 6. The summed E-state index contributed by atoms with van der Waals surface area (Å²) >= 11 is 0. The number of aliphatic hydroxyl groups excluding tert-OH is 1. The van der Waals surface area contributed by atoms with Gasteiger partial charge in [-0.15, -0.1) is 0 Å². The van der Waals surface area contributed by atoms with Crippen molar-refractivity contribution in [2.45, 2.75) is 64.6 Å². The Hall–Kier alpha value is -1.79. The van der Waals surface area contributed by atoms with Crippen LogP contribution in [0.3, 0.4) is 0 Å². The van der Waals surface area contributed by atoms with Crippen LogP contribution in [-0.4, -0.2) is 46.1 Å². The average Bonchev–Trinajstić information content (AvgIpc) is 2.64. The van der Waals surface area contributed by atoms with Crippen LogP contribution in [0.15, 0.2) is 23.8 Å². The van der Waals surface area contributed by atoms with Gasteiger partial charge in [0.25, 0.3) is 0 Å². The minimum Gasteiger partial charge on any atom is -0.462 e. The Morgan fingerprint density at radius 1 is 1.24 bits per heavy atom. The number of aliphatic hydroxyl groups is 2. The summed E-state index contributed by atoms with van der Waals surface area (Å²) in [6.07, 6.45) is 7.23. The van der Waals surface area contributed by atoms with Gasteiger partial charge in [0.15, 0.2) is 17.2 Å². The van der Waals surface area contributed by atoms with E-state index >= 15 is 0 Å². The Kier molecular flexibility index (Phi) is 4.67. The molecule has 4 aliphatic rings. The minimum absolute atomic E-state index is 0.00918. The van der Waals surface area contributed by atoms with Gasteiger partial charge in [0.05, 0.1) is 6.10 Å². The van der Waals surface area contributed by atoms with Gasteiger partial charge in [0, 0.05) is 30.1 Å². The molecule has 7 atom stereocenters. The van der Waals surface area contributed by atoms with Gasteiger partial charge < -0.3 is 14.9 Å². The molecule has 4 rings (SSSR count). The monoisotopic (exact) mass is 402 g/mol. The van der Waals surface area contributed by atoms with Gasteiger partial charge in [-0.1, -0.05) is 25.5 Å². The van der Waals surface area contributed by atoms with Crippen LogP contribution >= 0.6 is 0 Å². The molecule has 0 spiro atoms. The first-order valence-electron chi connectivity index (χ1n) is 10.5. The number of esters is 1. The molecule has 3 saturated carbocycles. The number of allylic oxidation sites excluding steroid dienone is 4. The molecule has 29 heavy (non-hydrogen) atoms. The van der Waals surface area contributed by atoms with E-state index in [0.717, 1.165) is 18.4 Å². The number of hydrogen-bond donors (Lipinski definition) is 2. The summed E-state index contributed by atoms with van der Waals surface area (Å²) in [5.41, 5.74) is -1.99. The standard InChI is InChI=1S/C23H30O6/c1-13(24)29-12-23(28)19(27)7-6-17-16-5-4-14-10-15(25)8-9-21(14,2)20(16)18(26)11-22(17,23)3/h8-10,16-18,20,26,28H,4-7,11-12H2,1-3H3. The van der Waals surface area contributed by atoms with Gasteiger partial charge in [-0.3, -0.25) is 14.4 Å². The maximum absolute atomic E-state index is 12.8. The molecule has 0 aromatic heterocycles. The second-order valence-electron chi connectivity index (χ2n) is 9.81. The lowest BCUT2D eigenvalue weighted by molar-refractivity contribution is -0.223. The maximum Gasteiger partial charge on any atom is 0.302 e. The van der Waals surface area contributed by atoms with Gasteiger partial charge in [0.2, 0.25) is 0 Å². The molecule has 0 aliphatic heterocycles. The van der Waals surface area contributed by atoms with Crippen LogP contribution < -0.4 is 0 Å². The van der Waals surface area contributed by atoms with E-state index in [1.165, 1.54) is 6.92 Å². The predicted molar refractivity (Wildman–Crippen MR) is 105 cm³/mol. The molecule has 0 heterocycles. The van der Waals surface area contributed by atoms with E-state index in [9.17, 15) is 24.6 Å². The summed E-state index contributed by atoms with van der Waals surface area (Å²) in [6.45, 7) is 4.85. The third kappa shape index (κ3) is 2.79. The quantitative estimate of drug-likeness (QED) is 0.686. The SMILES string of the molecule is CC(=O)OCC1(O)C(=O)CCC2C3CCC4=CC(=O)C=CC4(C)C3C(O)CC21C. The fourth-order valence-corrected chi connectivity index (χ4v) is 6.94. The first-order chi connectivity index (χ1) is 13.5. The van der Waals surface area contributed by atoms with Gasteiger partial charge in [-0.25, -0.2) is 0 Å². The Morgan fingerprint density at radius 2 is 1.97 bits per heavy atom. The first-order valence-corrected chi connectivity index (χ1v) is 10.5. The topological polar surface area (TPSA) is 101 Å². The van der Waals surface area contributed by atoms with Gasteiger partial charge in [-0.05, 0) is 49.7 Å². The summed E-state index contributed by atoms with van der Waals surface area (Å²) < 4.78 is 5.11. The molecular formula is C23H30O6. The summed E-state index contributed by atoms with van der Waals surface area (Å²) in [7, 11) is 0. The Labute approximate surface area is 171 Å². The van der Waals surface area contributed by atoms with Crippen LogP contribution in [0.25, 0.3) is 0 Å². The molecule has 0 aromatic carbocycles. The van der Waals surface area contributed by atoms with Crippen molar-refractivity contribution in [1.82, 2.24) is 0 Å². The van der Waals surface area contributed by atoms with Crippen LogP contribution in [0.2, 0.25) is 0 Å². The summed E-state index contributed by atoms with van der Waals surface area (Å²) in [5.74, 6) is -0.794. The Morgan fingerprint density at radius 3 is 2.66 bits per heavy atom. The van der Waals surface area contributed by atoms with E-state index in [1.807, 2.05) is 13.0 Å². The third-order valence-corrected chi connectivity index (χ3v) is 8.46. The lowest BCUT2D eigenvalue weighted by atomic mass is 9.42. The minimum atomic E-state index is -1.79. The average molecular weight is 402 g/mol. The molecule has 6 heteroatoms. The Bertz CT molecular complexity index is 827. The van der Waals surface area contributed by atoms with E-state index in [4.69, 9.17) is 4.74 Å². The van der Waals surface area contributed by atoms with Crippen LogP contribution in [0, 0.1) is 28.6 Å². The van der Waals surface area contributed by atoms with Crippen LogP contribution in [-0.2, 0) is 19.1 Å². The van der Waals surface area contributed by atoms with Crippen molar-refractivity contribution in [2.75, 3.05) is 6.61 Å². The fraction of sp³-hybridized carbons (Fsp3) is 0.696. The molecule has 0 saturated heterocycles. The van der Waals surface area contributed by atoms with Crippen molar-refractivity contribution in [3.8, 4) is 0 Å². The molecule has 0 aromatic rings. The molecule has 0 bridgehead atoms. The number of ketones is 2. The number of rotatable bonds is 2. The lowest BCUT2D eigenvalue weighted by Crippen LogP contribution is -2.68. The van der Waals surface area contributed by atoms with Crippen molar-refractivity contribution in [3.63, 3.8) is 0 Å². The van der Waals surface area contributed by atoms with Gasteiger partial charge >= 0.3 is 5.97 Å². The zero-order chi connectivity index (χ0) is 21.2. The zero-order valence-electron chi connectivity index (χ0n) is 17.3. The summed E-state index contributed by atoms with van der Waals surface area (Å²) in [4.78, 5) is 36.1. The van der Waals surface area contributed by atoms with E-state index in [0.29, 0.717) is 6.42 Å². The van der Waals surface area contributed by atoms with Crippen molar-refractivity contribution >= 4 is 17.5 Å². The molecule has 2 N–H and O–H groups in total. The summed E-state index contributed by atoms with van der Waals surface area (Å²) in [5, 5.41) is 22.8. The van der Waals surface area contributed by atoms with Crippen molar-refractivity contribution in [3.05, 3.63) is 23.8 Å². The number of carbonyl (C=O) groups excluding carboxylic acids is 3. The molecule has 6 nitrogen and oxygen atoms in total. The molecule has 7 unspecified atom stereocenters.